The normalized spacial score (nSPS) is 25.5. The first-order chi connectivity index (χ1) is 14.5. The topological polar surface area (TPSA) is 106 Å². The predicted molar refractivity (Wildman–Crippen MR) is 111 cm³/mol. The van der Waals surface area contributed by atoms with Gasteiger partial charge in [0.1, 0.15) is 6.07 Å². The number of benzene rings is 1. The van der Waals surface area contributed by atoms with Crippen LogP contribution in [-0.2, 0) is 0 Å². The monoisotopic (exact) mass is 395 g/mol. The van der Waals surface area contributed by atoms with Crippen molar-refractivity contribution in [2.24, 2.45) is 5.92 Å². The van der Waals surface area contributed by atoms with E-state index in [0.29, 0.717) is 0 Å². The van der Waals surface area contributed by atoms with Crippen LogP contribution in [0.15, 0.2) is 71.6 Å². The van der Waals surface area contributed by atoms with E-state index >= 15 is 0 Å². The highest BCUT2D eigenvalue weighted by atomic mass is 16.3. The minimum absolute atomic E-state index is 0.0466. The molecule has 0 saturated heterocycles. The van der Waals surface area contributed by atoms with Crippen LogP contribution in [0.5, 0.6) is 0 Å². The van der Waals surface area contributed by atoms with Gasteiger partial charge in [0.2, 0.25) is 11.8 Å². The highest BCUT2D eigenvalue weighted by Gasteiger charge is 2.61. The Morgan fingerprint density at radius 3 is 2.43 bits per heavy atom. The van der Waals surface area contributed by atoms with Crippen LogP contribution >= 0.6 is 0 Å². The summed E-state index contributed by atoms with van der Waals surface area (Å²) in [5, 5.41) is 44.2. The second-order valence-electron chi connectivity index (χ2n) is 7.81. The van der Waals surface area contributed by atoms with E-state index in [1.165, 1.54) is 0 Å². The number of nitriles is 2. The summed E-state index contributed by atoms with van der Waals surface area (Å²) in [5.41, 5.74) is 0.602. The molecule has 1 aromatic carbocycles. The fourth-order valence-electron chi connectivity index (χ4n) is 4.47. The van der Waals surface area contributed by atoms with E-state index in [9.17, 15) is 21.0 Å². The quantitative estimate of drug-likeness (QED) is 0.472. The Labute approximate surface area is 175 Å². The number of aromatic nitrogens is 1. The lowest BCUT2D eigenvalue weighted by Crippen LogP contribution is -2.66. The molecule has 6 nitrogen and oxygen atoms in total. The lowest BCUT2D eigenvalue weighted by molar-refractivity contribution is -0.747. The van der Waals surface area contributed by atoms with Crippen molar-refractivity contribution in [1.29, 1.82) is 10.5 Å². The molecule has 1 fully saturated rings. The summed E-state index contributed by atoms with van der Waals surface area (Å²) in [6.07, 6.45) is 3.57. The molecule has 2 N–H and O–H groups in total. The summed E-state index contributed by atoms with van der Waals surface area (Å²) in [6.45, 7) is 1.96. The number of aliphatic hydroxyl groups is 1. The first-order valence-corrected chi connectivity index (χ1v) is 9.89. The van der Waals surface area contributed by atoms with Crippen LogP contribution in [0.3, 0.4) is 0 Å². The number of rotatable bonds is 4. The predicted octanol–water partition coefficient (Wildman–Crippen LogP) is 2.78. The van der Waals surface area contributed by atoms with Crippen molar-refractivity contribution in [1.82, 2.24) is 5.32 Å². The van der Waals surface area contributed by atoms with Crippen LogP contribution in [0.4, 0.5) is 0 Å². The van der Waals surface area contributed by atoms with Crippen molar-refractivity contribution >= 4 is 5.87 Å². The zero-order chi connectivity index (χ0) is 21.3. The molecular weight excluding hydrogens is 374 g/mol. The van der Waals surface area contributed by atoms with Crippen molar-refractivity contribution in [3.63, 3.8) is 0 Å². The van der Waals surface area contributed by atoms with Gasteiger partial charge in [-0.3, -0.25) is 0 Å². The summed E-state index contributed by atoms with van der Waals surface area (Å²) in [4.78, 5) is 0. The summed E-state index contributed by atoms with van der Waals surface area (Å²) in [7, 11) is 0. The lowest BCUT2D eigenvalue weighted by Gasteiger charge is -2.43. The van der Waals surface area contributed by atoms with E-state index in [4.69, 9.17) is 0 Å². The number of hydrogen-bond acceptors (Lipinski definition) is 4. The second kappa shape index (κ2) is 7.61. The zero-order valence-corrected chi connectivity index (χ0v) is 16.6. The SMILES string of the molecule is Cc1cccc[n+]1[C@H]1[C@H](c2ccccc2)C(C#N)=C(C(=C=[N-])C#N)N[C@]1(O)C1CC1. The molecule has 4 rings (SSSR count). The molecule has 0 radical (unpaired) electrons. The largest absolute Gasteiger partial charge is 0.762 e. The average molecular weight is 395 g/mol. The molecule has 3 atom stereocenters. The number of allylic oxidation sites excluding steroid dienone is 2. The third kappa shape index (κ3) is 3.09. The molecule has 1 aromatic heterocycles. The lowest BCUT2D eigenvalue weighted by atomic mass is 9.73. The summed E-state index contributed by atoms with van der Waals surface area (Å²) < 4.78 is 2.00. The minimum Gasteiger partial charge on any atom is -0.762 e. The van der Waals surface area contributed by atoms with Crippen LogP contribution in [0, 0.1) is 35.5 Å². The van der Waals surface area contributed by atoms with Crippen LogP contribution in [0.1, 0.15) is 36.1 Å². The third-order valence-corrected chi connectivity index (χ3v) is 6.03. The standard InChI is InChI=1S/C24H21N5O/c1-16-7-5-6-12-29(16)23-21(17-8-3-2-4-9-17)20(15-27)22(18(13-25)14-26)28-24(23,30)19-10-11-19/h2-9,12,19,21,23,28,30H,10-11H2,1H3/t21-,23+,24+/m1/s1. The van der Waals surface area contributed by atoms with Crippen molar-refractivity contribution < 1.29 is 9.67 Å². The van der Waals surface area contributed by atoms with Gasteiger partial charge in [-0.2, -0.15) is 15.1 Å². The van der Waals surface area contributed by atoms with Gasteiger partial charge in [0.15, 0.2) is 11.9 Å². The van der Waals surface area contributed by atoms with Crippen molar-refractivity contribution in [3.8, 4) is 12.1 Å². The van der Waals surface area contributed by atoms with Gasteiger partial charge in [-0.05, 0) is 18.4 Å². The first kappa shape index (κ1) is 19.6. The molecule has 0 spiro atoms. The van der Waals surface area contributed by atoms with Gasteiger partial charge in [0.05, 0.1) is 28.8 Å². The fraction of sp³-hybridized carbons (Fsp3) is 0.292. The van der Waals surface area contributed by atoms with Crippen molar-refractivity contribution in [2.45, 2.75) is 37.5 Å². The molecule has 30 heavy (non-hydrogen) atoms. The molecule has 6 heteroatoms. The summed E-state index contributed by atoms with van der Waals surface area (Å²) >= 11 is 0. The summed E-state index contributed by atoms with van der Waals surface area (Å²) in [6, 6.07) is 18.9. The number of hydrogen-bond donors (Lipinski definition) is 2. The van der Waals surface area contributed by atoms with Gasteiger partial charge < -0.3 is 15.8 Å². The molecule has 2 aliphatic rings. The minimum atomic E-state index is -1.41. The molecule has 1 saturated carbocycles. The Morgan fingerprint density at radius 1 is 1.17 bits per heavy atom. The molecular formula is C24H21N5O. The van der Waals surface area contributed by atoms with Crippen LogP contribution in [0.2, 0.25) is 0 Å². The molecule has 1 aliphatic carbocycles. The van der Waals surface area contributed by atoms with Gasteiger partial charge in [-0.25, -0.2) is 5.87 Å². The number of nitrogens with zero attached hydrogens (tertiary/aromatic N) is 4. The van der Waals surface area contributed by atoms with E-state index < -0.39 is 17.7 Å². The zero-order valence-electron chi connectivity index (χ0n) is 16.6. The van der Waals surface area contributed by atoms with Crippen LogP contribution in [-0.4, -0.2) is 16.7 Å². The number of nitrogens with one attached hydrogen (secondary N) is 1. The van der Waals surface area contributed by atoms with E-state index in [2.05, 4.69) is 11.4 Å². The van der Waals surface area contributed by atoms with Gasteiger partial charge in [-0.15, -0.1) is 0 Å². The molecule has 1 aliphatic heterocycles. The molecule has 0 unspecified atom stereocenters. The molecule has 2 aromatic rings. The van der Waals surface area contributed by atoms with Crippen LogP contribution < -0.4 is 9.88 Å². The number of aryl methyl sites for hydroxylation is 1. The Hall–Kier alpha value is -3.70. The first-order valence-electron chi connectivity index (χ1n) is 9.89. The number of pyridine rings is 1. The Balaban J connectivity index is 2.06. The van der Waals surface area contributed by atoms with E-state index in [1.807, 2.05) is 78.2 Å². The van der Waals surface area contributed by atoms with Gasteiger partial charge in [0, 0.05) is 25.0 Å². The van der Waals surface area contributed by atoms with E-state index in [1.54, 1.807) is 0 Å². The Bertz CT molecular complexity index is 1150. The maximum atomic E-state index is 12.0. The average Bonchev–Trinajstić information content (AvgIpc) is 3.62. The molecule has 148 valence electrons. The van der Waals surface area contributed by atoms with Gasteiger partial charge in [-0.1, -0.05) is 36.4 Å². The van der Waals surface area contributed by atoms with E-state index in [0.717, 1.165) is 24.1 Å². The smallest absolute Gasteiger partial charge is 0.217 e. The van der Waals surface area contributed by atoms with Crippen molar-refractivity contribution in [2.75, 3.05) is 0 Å². The van der Waals surface area contributed by atoms with Crippen LogP contribution in [0.25, 0.3) is 5.41 Å². The Morgan fingerprint density at radius 2 is 1.87 bits per heavy atom. The van der Waals surface area contributed by atoms with Crippen molar-refractivity contribution in [3.05, 3.63) is 88.2 Å². The van der Waals surface area contributed by atoms with Gasteiger partial charge in [0.25, 0.3) is 0 Å². The van der Waals surface area contributed by atoms with E-state index in [-0.39, 0.29) is 22.8 Å². The third-order valence-electron chi connectivity index (χ3n) is 6.03. The maximum Gasteiger partial charge on any atom is 0.217 e. The summed E-state index contributed by atoms with van der Waals surface area (Å²) in [5.74, 6) is 1.31. The maximum absolute atomic E-state index is 12.0. The Kier molecular flexibility index (Phi) is 4.98. The molecule has 2 heterocycles. The highest BCUT2D eigenvalue weighted by Crippen LogP contribution is 2.52. The molecule has 0 bridgehead atoms. The molecule has 0 amide bonds. The van der Waals surface area contributed by atoms with Gasteiger partial charge >= 0.3 is 0 Å². The highest BCUT2D eigenvalue weighted by molar-refractivity contribution is 5.74. The fourth-order valence-corrected chi connectivity index (χ4v) is 4.47. The second-order valence-corrected chi connectivity index (χ2v) is 7.81.